The van der Waals surface area contributed by atoms with Crippen LogP contribution in [-0.4, -0.2) is 16.6 Å². The topological polar surface area (TPSA) is 51.8 Å². The number of benzene rings is 1. The second-order valence-electron chi connectivity index (χ2n) is 3.96. The van der Waals surface area contributed by atoms with Crippen molar-refractivity contribution in [2.24, 2.45) is 5.73 Å². The molecule has 90 valence electrons. The average Bonchev–Trinajstić information content (AvgIpc) is 2.29. The lowest BCUT2D eigenvalue weighted by atomic mass is 9.98. The van der Waals surface area contributed by atoms with E-state index < -0.39 is 12.0 Å². The fourth-order valence-electron chi connectivity index (χ4n) is 1.47. The molecule has 1 aromatic heterocycles. The van der Waals surface area contributed by atoms with Crippen molar-refractivity contribution in [1.82, 2.24) is 10.2 Å². The summed E-state index contributed by atoms with van der Waals surface area (Å²) in [5.74, 6) is 0. The predicted molar refractivity (Wildman–Crippen MR) is 62.1 cm³/mol. The van der Waals surface area contributed by atoms with E-state index in [2.05, 4.69) is 10.2 Å². The summed E-state index contributed by atoms with van der Waals surface area (Å²) < 4.78 is 25.7. The quantitative estimate of drug-likeness (QED) is 0.900. The largest absolute Gasteiger partial charge is 0.316 e. The van der Waals surface area contributed by atoms with E-state index in [9.17, 15) is 8.78 Å². The van der Waals surface area contributed by atoms with Crippen LogP contribution < -0.4 is 5.73 Å². The van der Waals surface area contributed by atoms with E-state index in [0.717, 1.165) is 0 Å². The maximum Gasteiger partial charge on any atom is 0.261 e. The zero-order chi connectivity index (χ0) is 12.6. The van der Waals surface area contributed by atoms with Gasteiger partial charge in [-0.05, 0) is 13.0 Å². The lowest BCUT2D eigenvalue weighted by Gasteiger charge is -2.23. The molecule has 0 spiro atoms. The Bertz CT molecular complexity index is 557. The molecular formula is C11H10ClF2N3. The Hall–Kier alpha value is -1.33. The summed E-state index contributed by atoms with van der Waals surface area (Å²) in [5, 5.41) is 8.25. The molecule has 0 saturated heterocycles. The third-order valence-electron chi connectivity index (χ3n) is 2.57. The van der Waals surface area contributed by atoms with Gasteiger partial charge in [-0.3, -0.25) is 0 Å². The van der Waals surface area contributed by atoms with Crippen molar-refractivity contribution in [2.45, 2.75) is 18.9 Å². The van der Waals surface area contributed by atoms with E-state index in [1.54, 1.807) is 24.3 Å². The maximum absolute atomic E-state index is 12.8. The number of fused-ring (bicyclic) bond motifs is 1. The fourth-order valence-corrected chi connectivity index (χ4v) is 1.87. The number of aromatic nitrogens is 2. The molecule has 1 aromatic carbocycles. The summed E-state index contributed by atoms with van der Waals surface area (Å²) in [6.07, 6.45) is -2.77. The second kappa shape index (κ2) is 4.16. The molecule has 17 heavy (non-hydrogen) atoms. The summed E-state index contributed by atoms with van der Waals surface area (Å²) >= 11 is 6.05. The first-order chi connectivity index (χ1) is 7.94. The van der Waals surface area contributed by atoms with Crippen LogP contribution in [0.2, 0.25) is 5.02 Å². The van der Waals surface area contributed by atoms with Gasteiger partial charge < -0.3 is 5.73 Å². The van der Waals surface area contributed by atoms with Gasteiger partial charge in [0.05, 0.1) is 10.5 Å². The summed E-state index contributed by atoms with van der Waals surface area (Å²) in [6, 6.07) is 6.91. The molecule has 1 heterocycles. The van der Waals surface area contributed by atoms with Gasteiger partial charge in [-0.1, -0.05) is 29.8 Å². The van der Waals surface area contributed by atoms with Crippen LogP contribution in [0.25, 0.3) is 10.9 Å². The average molecular weight is 258 g/mol. The molecule has 0 aliphatic heterocycles. The van der Waals surface area contributed by atoms with Gasteiger partial charge in [0.25, 0.3) is 6.43 Å². The number of nitrogens with two attached hydrogens (primary N) is 1. The van der Waals surface area contributed by atoms with Gasteiger partial charge in [0.2, 0.25) is 0 Å². The number of rotatable bonds is 2. The van der Waals surface area contributed by atoms with Crippen molar-refractivity contribution in [3.8, 4) is 0 Å². The molecule has 0 aliphatic rings. The first-order valence-corrected chi connectivity index (χ1v) is 5.31. The monoisotopic (exact) mass is 257 g/mol. The van der Waals surface area contributed by atoms with E-state index in [-0.39, 0.29) is 10.7 Å². The van der Waals surface area contributed by atoms with Crippen molar-refractivity contribution in [3.63, 3.8) is 0 Å². The second-order valence-corrected chi connectivity index (χ2v) is 4.34. The summed E-state index contributed by atoms with van der Waals surface area (Å²) in [4.78, 5) is 0. The van der Waals surface area contributed by atoms with Gasteiger partial charge in [-0.2, -0.15) is 10.2 Å². The fraction of sp³-hybridized carbons (Fsp3) is 0.273. The molecule has 0 amide bonds. The van der Waals surface area contributed by atoms with Crippen LogP contribution >= 0.6 is 11.6 Å². The zero-order valence-electron chi connectivity index (χ0n) is 8.99. The molecule has 0 radical (unpaired) electrons. The van der Waals surface area contributed by atoms with Crippen LogP contribution in [0, 0.1) is 0 Å². The first-order valence-electron chi connectivity index (χ1n) is 4.93. The first kappa shape index (κ1) is 12.1. The van der Waals surface area contributed by atoms with Crippen LogP contribution in [0.5, 0.6) is 0 Å². The number of alkyl halides is 2. The van der Waals surface area contributed by atoms with Crippen LogP contribution in [0.1, 0.15) is 12.6 Å². The lowest BCUT2D eigenvalue weighted by Crippen LogP contribution is -2.42. The minimum atomic E-state index is -2.77. The Balaban J connectivity index is 2.69. The molecule has 3 nitrogen and oxygen atoms in total. The number of hydrogen-bond donors (Lipinski definition) is 1. The van der Waals surface area contributed by atoms with Crippen LogP contribution in [-0.2, 0) is 5.54 Å². The minimum Gasteiger partial charge on any atom is -0.316 e. The maximum atomic E-state index is 12.8. The van der Waals surface area contributed by atoms with Crippen molar-refractivity contribution >= 4 is 22.5 Å². The molecule has 1 unspecified atom stereocenters. The smallest absolute Gasteiger partial charge is 0.261 e. The normalized spacial score (nSPS) is 15.2. The van der Waals surface area contributed by atoms with Crippen molar-refractivity contribution in [3.05, 3.63) is 35.0 Å². The van der Waals surface area contributed by atoms with Crippen LogP contribution in [0.15, 0.2) is 24.3 Å². The summed E-state index contributed by atoms with van der Waals surface area (Å²) in [5.41, 5.74) is 4.08. The van der Waals surface area contributed by atoms with Gasteiger partial charge >= 0.3 is 0 Å². The highest BCUT2D eigenvalue weighted by Gasteiger charge is 2.36. The molecule has 1 atom stereocenters. The molecule has 6 heteroatoms. The Labute approximate surface area is 102 Å². The van der Waals surface area contributed by atoms with Gasteiger partial charge in [0.15, 0.2) is 0 Å². The van der Waals surface area contributed by atoms with E-state index in [1.165, 1.54) is 6.92 Å². The summed E-state index contributed by atoms with van der Waals surface area (Å²) in [6.45, 7) is 1.18. The van der Waals surface area contributed by atoms with Crippen molar-refractivity contribution in [2.75, 3.05) is 0 Å². The zero-order valence-corrected chi connectivity index (χ0v) is 9.75. The van der Waals surface area contributed by atoms with E-state index in [1.807, 2.05) is 0 Å². The lowest BCUT2D eigenvalue weighted by molar-refractivity contribution is 0.0598. The van der Waals surface area contributed by atoms with Crippen LogP contribution in [0.3, 0.4) is 0 Å². The SMILES string of the molecule is CC(N)(c1nnc2ccccc2c1Cl)C(F)F. The number of halogens is 3. The molecule has 2 N–H and O–H groups in total. The van der Waals surface area contributed by atoms with E-state index in [4.69, 9.17) is 17.3 Å². The minimum absolute atomic E-state index is 0.0899. The predicted octanol–water partition coefficient (Wildman–Crippen LogP) is 2.72. The Morgan fingerprint density at radius 1 is 1.29 bits per heavy atom. The van der Waals surface area contributed by atoms with Gasteiger partial charge in [0, 0.05) is 5.39 Å². The molecule has 0 bridgehead atoms. The molecular weight excluding hydrogens is 248 g/mol. The number of hydrogen-bond acceptors (Lipinski definition) is 3. The molecule has 0 fully saturated rings. The Morgan fingerprint density at radius 2 is 1.94 bits per heavy atom. The highest BCUT2D eigenvalue weighted by atomic mass is 35.5. The standard InChI is InChI=1S/C11H10ClF2N3/c1-11(15,10(13)14)9-8(12)6-4-2-3-5-7(6)16-17-9/h2-5,10H,15H2,1H3. The Morgan fingerprint density at radius 3 is 2.59 bits per heavy atom. The Kier molecular flexibility index (Phi) is 2.97. The van der Waals surface area contributed by atoms with Crippen molar-refractivity contribution < 1.29 is 8.78 Å². The van der Waals surface area contributed by atoms with Crippen molar-refractivity contribution in [1.29, 1.82) is 0 Å². The van der Waals surface area contributed by atoms with Gasteiger partial charge in [-0.15, -0.1) is 0 Å². The third kappa shape index (κ3) is 1.96. The van der Waals surface area contributed by atoms with E-state index >= 15 is 0 Å². The van der Waals surface area contributed by atoms with Gasteiger partial charge in [-0.25, -0.2) is 8.78 Å². The summed E-state index contributed by atoms with van der Waals surface area (Å²) in [7, 11) is 0. The third-order valence-corrected chi connectivity index (χ3v) is 2.95. The molecule has 0 aliphatic carbocycles. The number of nitrogens with zero attached hydrogens (tertiary/aromatic N) is 2. The highest BCUT2D eigenvalue weighted by Crippen LogP contribution is 2.32. The molecule has 2 aromatic rings. The highest BCUT2D eigenvalue weighted by molar-refractivity contribution is 6.36. The van der Waals surface area contributed by atoms with E-state index in [0.29, 0.717) is 10.9 Å². The van der Waals surface area contributed by atoms with Gasteiger partial charge in [0.1, 0.15) is 11.2 Å². The van der Waals surface area contributed by atoms with Crippen LogP contribution in [0.4, 0.5) is 8.78 Å². The molecule has 2 rings (SSSR count). The molecule has 0 saturated carbocycles.